The normalized spacial score (nSPS) is 17.9. The zero-order valence-corrected chi connectivity index (χ0v) is 16.5. The van der Waals surface area contributed by atoms with Gasteiger partial charge in [0.1, 0.15) is 12.3 Å². The number of benzene rings is 1. The van der Waals surface area contributed by atoms with Crippen molar-refractivity contribution >= 4 is 23.8 Å². The summed E-state index contributed by atoms with van der Waals surface area (Å²) in [5.41, 5.74) is 1.28. The van der Waals surface area contributed by atoms with Gasteiger partial charge in [0.2, 0.25) is 5.91 Å². The van der Waals surface area contributed by atoms with E-state index in [0.29, 0.717) is 24.8 Å². The summed E-state index contributed by atoms with van der Waals surface area (Å²) in [6, 6.07) is 12.7. The van der Waals surface area contributed by atoms with Crippen molar-refractivity contribution in [2.75, 3.05) is 19.6 Å². The molecule has 2 aromatic rings. The van der Waals surface area contributed by atoms with Gasteiger partial charge in [-0.1, -0.05) is 30.3 Å². The third-order valence-electron chi connectivity index (χ3n) is 5.66. The van der Waals surface area contributed by atoms with Gasteiger partial charge in [0.25, 0.3) is 0 Å². The predicted octanol–water partition coefficient (Wildman–Crippen LogP) is 2.05. The second kappa shape index (κ2) is 8.52. The first kappa shape index (κ1) is 19.9. The van der Waals surface area contributed by atoms with Crippen LogP contribution in [0.15, 0.2) is 53.1 Å². The second-order valence-electron chi connectivity index (χ2n) is 7.66. The number of urea groups is 1. The molecule has 8 heteroatoms. The van der Waals surface area contributed by atoms with E-state index in [0.717, 1.165) is 29.1 Å². The molecule has 1 aromatic carbocycles. The van der Waals surface area contributed by atoms with Crippen molar-refractivity contribution in [1.29, 1.82) is 0 Å². The molecule has 0 atom stereocenters. The lowest BCUT2D eigenvalue weighted by Gasteiger charge is -2.32. The molecule has 2 saturated heterocycles. The minimum Gasteiger partial charge on any atom is -0.467 e. The number of likely N-dealkylation sites (tertiary alicyclic amines) is 1. The zero-order valence-electron chi connectivity index (χ0n) is 16.5. The van der Waals surface area contributed by atoms with Crippen LogP contribution in [0.1, 0.15) is 24.2 Å². The van der Waals surface area contributed by atoms with Crippen LogP contribution in [0.25, 0.3) is 0 Å². The Hall–Kier alpha value is -3.42. The van der Waals surface area contributed by atoms with Crippen molar-refractivity contribution in [2.24, 2.45) is 5.92 Å². The quantitative estimate of drug-likeness (QED) is 0.538. The average Bonchev–Trinajstić information content (AvgIpc) is 3.34. The van der Waals surface area contributed by atoms with Crippen LogP contribution >= 0.6 is 0 Å². The molecule has 0 N–H and O–H groups in total. The monoisotopic (exact) mass is 409 g/mol. The summed E-state index contributed by atoms with van der Waals surface area (Å²) in [7, 11) is 0. The molecule has 156 valence electrons. The van der Waals surface area contributed by atoms with Crippen molar-refractivity contribution in [1.82, 2.24) is 14.7 Å². The number of furan rings is 1. The van der Waals surface area contributed by atoms with E-state index in [2.05, 4.69) is 12.1 Å². The number of hydrogen-bond donors (Lipinski definition) is 0. The number of imide groups is 2. The molecule has 30 heavy (non-hydrogen) atoms. The maximum atomic E-state index is 12.7. The highest BCUT2D eigenvalue weighted by atomic mass is 16.3. The summed E-state index contributed by atoms with van der Waals surface area (Å²) < 4.78 is 5.14. The fraction of sp³-hybridized carbons (Fsp3) is 0.364. The molecule has 0 unspecified atom stereocenters. The smallest absolute Gasteiger partial charge is 0.335 e. The van der Waals surface area contributed by atoms with Crippen LogP contribution < -0.4 is 0 Å². The third kappa shape index (κ3) is 4.12. The van der Waals surface area contributed by atoms with Gasteiger partial charge in [-0.15, -0.1) is 0 Å². The van der Waals surface area contributed by atoms with Crippen molar-refractivity contribution in [3.8, 4) is 0 Å². The number of piperidine rings is 1. The molecule has 3 heterocycles. The molecule has 0 aliphatic carbocycles. The molecular formula is C22H23N3O5. The maximum absolute atomic E-state index is 12.7. The van der Waals surface area contributed by atoms with Crippen LogP contribution in [-0.2, 0) is 27.3 Å². The first-order valence-electron chi connectivity index (χ1n) is 10.0. The molecule has 2 aliphatic rings. The van der Waals surface area contributed by atoms with E-state index in [1.807, 2.05) is 18.2 Å². The molecule has 0 saturated carbocycles. The van der Waals surface area contributed by atoms with E-state index in [-0.39, 0.29) is 12.5 Å². The fourth-order valence-electron chi connectivity index (χ4n) is 3.96. The number of nitrogens with zero attached hydrogens (tertiary/aromatic N) is 3. The molecule has 4 rings (SSSR count). The predicted molar refractivity (Wildman–Crippen MR) is 106 cm³/mol. The zero-order chi connectivity index (χ0) is 21.1. The SMILES string of the molecule is O=C(CN1C(=O)C(=O)N(Cc2ccco2)C1=O)N1CCC(Cc2ccccc2)CC1. The highest BCUT2D eigenvalue weighted by Gasteiger charge is 2.46. The van der Waals surface area contributed by atoms with Crippen molar-refractivity contribution in [3.63, 3.8) is 0 Å². The number of hydrogen-bond acceptors (Lipinski definition) is 5. The fourth-order valence-corrected chi connectivity index (χ4v) is 3.96. The van der Waals surface area contributed by atoms with Crippen LogP contribution in [0.3, 0.4) is 0 Å². The van der Waals surface area contributed by atoms with Gasteiger partial charge in [0, 0.05) is 13.1 Å². The highest BCUT2D eigenvalue weighted by molar-refractivity contribution is 6.44. The van der Waals surface area contributed by atoms with Crippen LogP contribution in [0.5, 0.6) is 0 Å². The Morgan fingerprint density at radius 2 is 1.63 bits per heavy atom. The van der Waals surface area contributed by atoms with Gasteiger partial charge in [-0.05, 0) is 42.9 Å². The largest absolute Gasteiger partial charge is 0.467 e. The molecule has 2 aliphatic heterocycles. The summed E-state index contributed by atoms with van der Waals surface area (Å²) in [6.45, 7) is 0.612. The lowest BCUT2D eigenvalue weighted by molar-refractivity contribution is -0.145. The minimum atomic E-state index is -0.973. The van der Waals surface area contributed by atoms with E-state index < -0.39 is 24.4 Å². The van der Waals surface area contributed by atoms with E-state index in [1.165, 1.54) is 11.8 Å². The molecule has 0 spiro atoms. The van der Waals surface area contributed by atoms with Gasteiger partial charge in [0.15, 0.2) is 0 Å². The molecular weight excluding hydrogens is 386 g/mol. The lowest BCUT2D eigenvalue weighted by Crippen LogP contribution is -2.46. The van der Waals surface area contributed by atoms with Gasteiger partial charge in [-0.25, -0.2) is 14.6 Å². The van der Waals surface area contributed by atoms with Crippen LogP contribution in [0.4, 0.5) is 4.79 Å². The number of rotatable bonds is 6. The number of carbonyl (C=O) groups is 4. The van der Waals surface area contributed by atoms with Gasteiger partial charge < -0.3 is 9.32 Å². The van der Waals surface area contributed by atoms with Gasteiger partial charge in [-0.2, -0.15) is 0 Å². The Bertz CT molecular complexity index is 933. The topological polar surface area (TPSA) is 91.1 Å². The van der Waals surface area contributed by atoms with Gasteiger partial charge in [0.05, 0.1) is 12.8 Å². The summed E-state index contributed by atoms with van der Waals surface area (Å²) in [4.78, 5) is 52.8. The average molecular weight is 409 g/mol. The van der Waals surface area contributed by atoms with Gasteiger partial charge in [-0.3, -0.25) is 14.4 Å². The lowest BCUT2D eigenvalue weighted by atomic mass is 9.90. The van der Waals surface area contributed by atoms with Crippen molar-refractivity contribution in [2.45, 2.75) is 25.8 Å². The standard InChI is InChI=1S/C22H23N3O5/c26-19(23-10-8-17(9-11-23)13-16-5-2-1-3-6-16)15-25-21(28)20(27)24(22(25)29)14-18-7-4-12-30-18/h1-7,12,17H,8-11,13-15H2. The van der Waals surface area contributed by atoms with E-state index >= 15 is 0 Å². The Labute approximate surface area is 174 Å². The summed E-state index contributed by atoms with van der Waals surface area (Å²) in [5, 5.41) is 0. The van der Waals surface area contributed by atoms with Gasteiger partial charge >= 0.3 is 17.8 Å². The molecule has 5 amide bonds. The second-order valence-corrected chi connectivity index (χ2v) is 7.66. The number of carbonyl (C=O) groups excluding carboxylic acids is 4. The molecule has 0 bridgehead atoms. The number of amides is 5. The Morgan fingerprint density at radius 1 is 0.933 bits per heavy atom. The van der Waals surface area contributed by atoms with Crippen LogP contribution in [0, 0.1) is 5.92 Å². The molecule has 0 radical (unpaired) electrons. The van der Waals surface area contributed by atoms with E-state index in [9.17, 15) is 19.2 Å². The molecule has 8 nitrogen and oxygen atoms in total. The van der Waals surface area contributed by atoms with Crippen molar-refractivity contribution < 1.29 is 23.6 Å². The van der Waals surface area contributed by atoms with Crippen LogP contribution in [-0.4, -0.2) is 58.1 Å². The Kier molecular flexibility index (Phi) is 5.65. The van der Waals surface area contributed by atoms with Crippen LogP contribution in [0.2, 0.25) is 0 Å². The third-order valence-corrected chi connectivity index (χ3v) is 5.66. The Balaban J connectivity index is 1.31. The highest BCUT2D eigenvalue weighted by Crippen LogP contribution is 2.22. The first-order chi connectivity index (χ1) is 14.5. The van der Waals surface area contributed by atoms with Crippen molar-refractivity contribution in [3.05, 3.63) is 60.1 Å². The molecule has 1 aromatic heterocycles. The summed E-state index contributed by atoms with van der Waals surface area (Å²) in [5.74, 6) is -1.35. The first-order valence-corrected chi connectivity index (χ1v) is 10.0. The summed E-state index contributed by atoms with van der Waals surface area (Å²) in [6.07, 6.45) is 4.13. The van der Waals surface area contributed by atoms with E-state index in [4.69, 9.17) is 4.42 Å². The molecule has 2 fully saturated rings. The maximum Gasteiger partial charge on any atom is 0.335 e. The van der Waals surface area contributed by atoms with E-state index in [1.54, 1.807) is 17.0 Å². The Morgan fingerprint density at radius 3 is 2.30 bits per heavy atom. The summed E-state index contributed by atoms with van der Waals surface area (Å²) >= 11 is 0. The minimum absolute atomic E-state index is 0.133.